The number of esters is 1. The van der Waals surface area contributed by atoms with Crippen LogP contribution in [0.4, 0.5) is 10.8 Å². The second-order valence-electron chi connectivity index (χ2n) is 6.42. The van der Waals surface area contributed by atoms with Crippen LogP contribution in [0, 0.1) is 10.1 Å². The largest absolute Gasteiger partial charge is 0.465 e. The zero-order valence-corrected chi connectivity index (χ0v) is 16.1. The fourth-order valence-electron chi connectivity index (χ4n) is 3.26. The minimum atomic E-state index is -0.760. The molecule has 146 valence electrons. The average Bonchev–Trinajstić information content (AvgIpc) is 3.15. The molecule has 1 aromatic heterocycles. The molecule has 0 atom stereocenters. The number of hydrogen-bond donors (Lipinski definition) is 1. The zero-order chi connectivity index (χ0) is 20.5. The Labute approximate surface area is 169 Å². The van der Waals surface area contributed by atoms with Gasteiger partial charge >= 0.3 is 5.97 Å². The number of nitro benzene ring substituents is 1. The summed E-state index contributed by atoms with van der Waals surface area (Å²) in [5.74, 6) is -1.35. The minimum Gasteiger partial charge on any atom is -0.465 e. The number of methoxy groups -OCH3 is 1. The van der Waals surface area contributed by atoms with E-state index in [-0.39, 0.29) is 16.8 Å². The number of amides is 1. The highest BCUT2D eigenvalue weighted by atomic mass is 32.1. The lowest BCUT2D eigenvalue weighted by Gasteiger charge is -2.13. The standard InChI is InChI=1S/C20H15N3O5S/c1-28-19(25)13-8-12(9-14(10-13)23(26)27)18(24)22-20-21-17-15-5-3-2-4-11(15)6-7-16(17)29-20/h2-5,8-10H,6-7H2,1H3,(H,21,22,24). The quantitative estimate of drug-likeness (QED) is 0.398. The fourth-order valence-corrected chi connectivity index (χ4v) is 4.23. The van der Waals surface area contributed by atoms with Crippen molar-refractivity contribution in [1.29, 1.82) is 0 Å². The van der Waals surface area contributed by atoms with E-state index in [4.69, 9.17) is 0 Å². The van der Waals surface area contributed by atoms with Crippen LogP contribution in [0.2, 0.25) is 0 Å². The summed E-state index contributed by atoms with van der Waals surface area (Å²) in [6, 6.07) is 11.4. The smallest absolute Gasteiger partial charge is 0.338 e. The molecule has 0 radical (unpaired) electrons. The predicted molar refractivity (Wildman–Crippen MR) is 107 cm³/mol. The molecule has 3 aromatic rings. The number of fused-ring (bicyclic) bond motifs is 3. The molecule has 0 unspecified atom stereocenters. The molecule has 1 N–H and O–H groups in total. The number of carbonyl (C=O) groups excluding carboxylic acids is 2. The van der Waals surface area contributed by atoms with Gasteiger partial charge in [-0.3, -0.25) is 20.2 Å². The highest BCUT2D eigenvalue weighted by molar-refractivity contribution is 7.16. The van der Waals surface area contributed by atoms with Gasteiger partial charge in [0.25, 0.3) is 11.6 Å². The number of nitro groups is 1. The van der Waals surface area contributed by atoms with Crippen LogP contribution in [0.1, 0.15) is 31.2 Å². The molecule has 0 saturated carbocycles. The Hall–Kier alpha value is -3.59. The van der Waals surface area contributed by atoms with Gasteiger partial charge in [-0.15, -0.1) is 11.3 Å². The van der Waals surface area contributed by atoms with E-state index < -0.39 is 16.8 Å². The van der Waals surface area contributed by atoms with Crippen LogP contribution < -0.4 is 5.32 Å². The molecular weight excluding hydrogens is 394 g/mol. The van der Waals surface area contributed by atoms with Gasteiger partial charge in [-0.1, -0.05) is 24.3 Å². The van der Waals surface area contributed by atoms with E-state index in [0.717, 1.165) is 41.1 Å². The van der Waals surface area contributed by atoms with E-state index in [9.17, 15) is 19.7 Å². The van der Waals surface area contributed by atoms with E-state index in [1.54, 1.807) is 0 Å². The second kappa shape index (κ2) is 7.44. The summed E-state index contributed by atoms with van der Waals surface area (Å²) in [6.07, 6.45) is 1.75. The van der Waals surface area contributed by atoms with Gasteiger partial charge < -0.3 is 4.74 Å². The lowest BCUT2D eigenvalue weighted by atomic mass is 9.94. The van der Waals surface area contributed by atoms with Crippen molar-refractivity contribution in [1.82, 2.24) is 4.98 Å². The normalized spacial score (nSPS) is 11.9. The first-order valence-electron chi connectivity index (χ1n) is 8.73. The predicted octanol–water partition coefficient (Wildman–Crippen LogP) is 3.86. The van der Waals surface area contributed by atoms with Gasteiger partial charge in [-0.25, -0.2) is 9.78 Å². The zero-order valence-electron chi connectivity index (χ0n) is 15.3. The number of aryl methyl sites for hydroxylation is 2. The van der Waals surface area contributed by atoms with Crippen LogP contribution >= 0.6 is 11.3 Å². The van der Waals surface area contributed by atoms with Gasteiger partial charge in [0.15, 0.2) is 5.13 Å². The van der Waals surface area contributed by atoms with E-state index in [1.807, 2.05) is 18.2 Å². The third-order valence-corrected chi connectivity index (χ3v) is 5.65. The number of non-ortho nitro benzene ring substituents is 1. The number of nitrogens with zero attached hydrogens (tertiary/aromatic N) is 2. The van der Waals surface area contributed by atoms with Crippen LogP contribution in [0.3, 0.4) is 0 Å². The van der Waals surface area contributed by atoms with E-state index in [0.29, 0.717) is 5.13 Å². The number of carbonyl (C=O) groups is 2. The Balaban J connectivity index is 1.64. The highest BCUT2D eigenvalue weighted by Crippen LogP contribution is 2.38. The van der Waals surface area contributed by atoms with E-state index >= 15 is 0 Å². The molecule has 9 heteroatoms. The Morgan fingerprint density at radius 3 is 2.69 bits per heavy atom. The summed E-state index contributed by atoms with van der Waals surface area (Å²) in [6.45, 7) is 0. The molecule has 1 amide bonds. The molecule has 1 aliphatic carbocycles. The van der Waals surface area contributed by atoms with E-state index in [1.165, 1.54) is 30.1 Å². The van der Waals surface area contributed by atoms with Gasteiger partial charge in [0.1, 0.15) is 0 Å². The summed E-state index contributed by atoms with van der Waals surface area (Å²) in [5, 5.41) is 14.3. The van der Waals surface area contributed by atoms with Crippen molar-refractivity contribution < 1.29 is 19.2 Å². The topological polar surface area (TPSA) is 111 Å². The SMILES string of the molecule is COC(=O)c1cc(C(=O)Nc2nc3c(s2)CCc2ccccc2-3)cc([N+](=O)[O-])c1. The maximum absolute atomic E-state index is 12.7. The number of thiazole rings is 1. The third kappa shape index (κ3) is 3.59. The number of hydrogen-bond acceptors (Lipinski definition) is 7. The first-order chi connectivity index (χ1) is 14.0. The van der Waals surface area contributed by atoms with Crippen LogP contribution in [0.15, 0.2) is 42.5 Å². The lowest BCUT2D eigenvalue weighted by Crippen LogP contribution is -2.14. The van der Waals surface area contributed by atoms with Crippen molar-refractivity contribution in [3.8, 4) is 11.3 Å². The molecule has 0 fully saturated rings. The summed E-state index contributed by atoms with van der Waals surface area (Å²) in [7, 11) is 1.17. The van der Waals surface area contributed by atoms with Crippen LogP contribution in [-0.4, -0.2) is 28.9 Å². The highest BCUT2D eigenvalue weighted by Gasteiger charge is 2.23. The maximum Gasteiger partial charge on any atom is 0.338 e. The lowest BCUT2D eigenvalue weighted by molar-refractivity contribution is -0.384. The van der Waals surface area contributed by atoms with Crippen LogP contribution in [-0.2, 0) is 17.6 Å². The molecule has 29 heavy (non-hydrogen) atoms. The van der Waals surface area contributed by atoms with E-state index in [2.05, 4.69) is 21.1 Å². The molecule has 8 nitrogen and oxygen atoms in total. The van der Waals surface area contributed by atoms with Crippen molar-refractivity contribution in [2.45, 2.75) is 12.8 Å². The summed E-state index contributed by atoms with van der Waals surface area (Å²) in [5.41, 5.74) is 2.65. The monoisotopic (exact) mass is 409 g/mol. The van der Waals surface area contributed by atoms with Crippen molar-refractivity contribution in [3.05, 3.63) is 74.1 Å². The first kappa shape index (κ1) is 18.8. The summed E-state index contributed by atoms with van der Waals surface area (Å²) >= 11 is 1.38. The van der Waals surface area contributed by atoms with Gasteiger partial charge in [0.05, 0.1) is 23.3 Å². The number of nitrogens with one attached hydrogen (secondary N) is 1. The van der Waals surface area contributed by atoms with Gasteiger partial charge in [0, 0.05) is 28.1 Å². The molecule has 0 spiro atoms. The number of ether oxygens (including phenoxy) is 1. The number of benzene rings is 2. The molecule has 4 rings (SSSR count). The molecule has 1 heterocycles. The summed E-state index contributed by atoms with van der Waals surface area (Å²) < 4.78 is 4.61. The Bertz CT molecular complexity index is 1150. The first-order valence-corrected chi connectivity index (χ1v) is 9.55. The van der Waals surface area contributed by atoms with Gasteiger partial charge in [-0.2, -0.15) is 0 Å². The molecule has 2 aromatic carbocycles. The second-order valence-corrected chi connectivity index (χ2v) is 7.50. The van der Waals surface area contributed by atoms with Crippen LogP contribution in [0.25, 0.3) is 11.3 Å². The third-order valence-electron chi connectivity index (χ3n) is 4.62. The summed E-state index contributed by atoms with van der Waals surface area (Å²) in [4.78, 5) is 40.6. The molecule has 0 aliphatic heterocycles. The maximum atomic E-state index is 12.7. The van der Waals surface area contributed by atoms with Crippen molar-refractivity contribution >= 4 is 34.0 Å². The Kier molecular flexibility index (Phi) is 4.81. The fraction of sp³-hybridized carbons (Fsp3) is 0.150. The number of rotatable bonds is 4. The molecule has 0 bridgehead atoms. The van der Waals surface area contributed by atoms with Crippen LogP contribution in [0.5, 0.6) is 0 Å². The Morgan fingerprint density at radius 1 is 1.17 bits per heavy atom. The van der Waals surface area contributed by atoms with Crippen molar-refractivity contribution in [3.63, 3.8) is 0 Å². The molecule has 0 saturated heterocycles. The number of anilines is 1. The average molecular weight is 409 g/mol. The Morgan fingerprint density at radius 2 is 1.93 bits per heavy atom. The van der Waals surface area contributed by atoms with Gasteiger partial charge in [0.2, 0.25) is 0 Å². The van der Waals surface area contributed by atoms with Crippen molar-refractivity contribution in [2.75, 3.05) is 12.4 Å². The number of aromatic nitrogens is 1. The van der Waals surface area contributed by atoms with Gasteiger partial charge in [-0.05, 0) is 24.5 Å². The van der Waals surface area contributed by atoms with Crippen molar-refractivity contribution in [2.24, 2.45) is 0 Å². The minimum absolute atomic E-state index is 0.0202. The molecule has 1 aliphatic rings. The molecular formula is C20H15N3O5S.